The Balaban J connectivity index is 1.96. The van der Waals surface area contributed by atoms with Crippen molar-refractivity contribution in [2.75, 3.05) is 0 Å². The van der Waals surface area contributed by atoms with Gasteiger partial charge in [-0.2, -0.15) is 4.98 Å². The Morgan fingerprint density at radius 1 is 1.24 bits per heavy atom. The van der Waals surface area contributed by atoms with E-state index >= 15 is 0 Å². The molecule has 0 aliphatic rings. The molecule has 3 rings (SSSR count). The van der Waals surface area contributed by atoms with Gasteiger partial charge in [0.25, 0.3) is 5.89 Å². The molecule has 108 valence electrons. The van der Waals surface area contributed by atoms with Crippen LogP contribution in [0, 0.1) is 20.8 Å². The zero-order valence-electron chi connectivity index (χ0n) is 12.0. The summed E-state index contributed by atoms with van der Waals surface area (Å²) in [6, 6.07) is 5.19. The summed E-state index contributed by atoms with van der Waals surface area (Å²) in [5, 5.41) is 4.59. The van der Waals surface area contributed by atoms with Crippen molar-refractivity contribution in [1.82, 2.24) is 10.1 Å². The summed E-state index contributed by atoms with van der Waals surface area (Å²) in [7, 11) is 0. The lowest BCUT2D eigenvalue weighted by Gasteiger charge is -2.09. The largest absolute Gasteiger partial charge is 0.483 e. The second-order valence-corrected chi connectivity index (χ2v) is 4.84. The maximum absolute atomic E-state index is 11.5. The number of aromatic nitrogens is 2. The number of hydrogen-bond acceptors (Lipinski definition) is 6. The molecule has 6 nitrogen and oxygen atoms in total. The van der Waals surface area contributed by atoms with Crippen LogP contribution < -0.4 is 10.4 Å². The molecule has 0 amide bonds. The van der Waals surface area contributed by atoms with Crippen LogP contribution in [0.5, 0.6) is 5.75 Å². The van der Waals surface area contributed by atoms with Gasteiger partial charge in [-0.05, 0) is 38.5 Å². The first kappa shape index (κ1) is 13.4. The Kier molecular flexibility index (Phi) is 3.21. The smallest absolute Gasteiger partial charge is 0.336 e. The third-order valence-corrected chi connectivity index (χ3v) is 3.24. The van der Waals surface area contributed by atoms with Gasteiger partial charge in [-0.1, -0.05) is 5.16 Å². The van der Waals surface area contributed by atoms with Gasteiger partial charge in [0, 0.05) is 17.0 Å². The first-order valence-corrected chi connectivity index (χ1v) is 6.50. The van der Waals surface area contributed by atoms with E-state index in [1.807, 2.05) is 26.0 Å². The zero-order valence-corrected chi connectivity index (χ0v) is 12.0. The summed E-state index contributed by atoms with van der Waals surface area (Å²) in [6.45, 7) is 5.63. The fourth-order valence-electron chi connectivity index (χ4n) is 2.19. The van der Waals surface area contributed by atoms with Gasteiger partial charge in [0.2, 0.25) is 0 Å². The molecular formula is C15H14N2O4. The van der Waals surface area contributed by atoms with Crippen molar-refractivity contribution in [3.8, 4) is 5.75 Å². The third-order valence-electron chi connectivity index (χ3n) is 3.24. The monoisotopic (exact) mass is 286 g/mol. The first-order chi connectivity index (χ1) is 10.0. The van der Waals surface area contributed by atoms with Crippen molar-refractivity contribution < 1.29 is 13.7 Å². The van der Waals surface area contributed by atoms with Gasteiger partial charge in [-0.25, -0.2) is 4.79 Å². The van der Waals surface area contributed by atoms with Gasteiger partial charge in [-0.3, -0.25) is 0 Å². The molecule has 6 heteroatoms. The van der Waals surface area contributed by atoms with E-state index in [9.17, 15) is 4.79 Å². The average molecular weight is 286 g/mol. The van der Waals surface area contributed by atoms with Crippen molar-refractivity contribution in [2.24, 2.45) is 0 Å². The summed E-state index contributed by atoms with van der Waals surface area (Å²) >= 11 is 0. The quantitative estimate of drug-likeness (QED) is 0.689. The predicted octanol–water partition coefficient (Wildman–Crippen LogP) is 2.68. The van der Waals surface area contributed by atoms with Gasteiger partial charge in [0.05, 0.1) is 0 Å². The molecule has 0 saturated heterocycles. The van der Waals surface area contributed by atoms with Crippen molar-refractivity contribution in [2.45, 2.75) is 27.4 Å². The molecule has 0 N–H and O–H groups in total. The summed E-state index contributed by atoms with van der Waals surface area (Å²) in [4.78, 5) is 15.6. The summed E-state index contributed by atoms with van der Waals surface area (Å²) < 4.78 is 15.9. The minimum atomic E-state index is -0.368. The molecule has 0 radical (unpaired) electrons. The Bertz CT molecular complexity index is 864. The SMILES string of the molecule is Cc1noc(COc2ccc3c(C)cc(=O)oc3c2C)n1. The van der Waals surface area contributed by atoms with E-state index in [4.69, 9.17) is 13.7 Å². The average Bonchev–Trinajstić information content (AvgIpc) is 2.84. The molecule has 2 aromatic heterocycles. The van der Waals surface area contributed by atoms with Crippen molar-refractivity contribution in [3.05, 3.63) is 51.5 Å². The van der Waals surface area contributed by atoms with E-state index in [-0.39, 0.29) is 12.2 Å². The summed E-state index contributed by atoms with van der Waals surface area (Å²) in [5.74, 6) is 1.58. The van der Waals surface area contributed by atoms with Crippen LogP contribution in [0.25, 0.3) is 11.0 Å². The maximum atomic E-state index is 11.5. The van der Waals surface area contributed by atoms with E-state index in [1.165, 1.54) is 6.07 Å². The molecule has 0 atom stereocenters. The van der Waals surface area contributed by atoms with E-state index in [1.54, 1.807) is 6.92 Å². The van der Waals surface area contributed by atoms with Crippen molar-refractivity contribution in [1.29, 1.82) is 0 Å². The van der Waals surface area contributed by atoms with Crippen LogP contribution >= 0.6 is 0 Å². The van der Waals surface area contributed by atoms with Crippen LogP contribution in [0.4, 0.5) is 0 Å². The molecule has 0 unspecified atom stereocenters. The number of hydrogen-bond donors (Lipinski definition) is 0. The summed E-state index contributed by atoms with van der Waals surface area (Å²) in [6.07, 6.45) is 0. The minimum Gasteiger partial charge on any atom is -0.483 e. The number of benzene rings is 1. The second-order valence-electron chi connectivity index (χ2n) is 4.84. The molecule has 3 aromatic rings. The normalized spacial score (nSPS) is 11.0. The second kappa shape index (κ2) is 5.05. The molecule has 1 aromatic carbocycles. The third kappa shape index (κ3) is 2.52. The van der Waals surface area contributed by atoms with Gasteiger partial charge < -0.3 is 13.7 Å². The van der Waals surface area contributed by atoms with Crippen LogP contribution in [0.1, 0.15) is 22.8 Å². The molecule has 21 heavy (non-hydrogen) atoms. The Hall–Kier alpha value is -2.63. The van der Waals surface area contributed by atoms with Gasteiger partial charge in [0.1, 0.15) is 11.3 Å². The van der Waals surface area contributed by atoms with Crippen LogP contribution in [0.3, 0.4) is 0 Å². The lowest BCUT2D eigenvalue weighted by Crippen LogP contribution is -2.01. The highest BCUT2D eigenvalue weighted by Gasteiger charge is 2.11. The first-order valence-electron chi connectivity index (χ1n) is 6.50. The minimum absolute atomic E-state index is 0.170. The maximum Gasteiger partial charge on any atom is 0.336 e. The zero-order chi connectivity index (χ0) is 15.0. The molecule has 0 fully saturated rings. The van der Waals surface area contributed by atoms with E-state index in [0.717, 1.165) is 16.5 Å². The lowest BCUT2D eigenvalue weighted by atomic mass is 10.1. The molecule has 2 heterocycles. The van der Waals surface area contributed by atoms with Gasteiger partial charge in [-0.15, -0.1) is 0 Å². The number of rotatable bonds is 3. The highest BCUT2D eigenvalue weighted by atomic mass is 16.5. The molecule has 0 spiro atoms. The van der Waals surface area contributed by atoms with Gasteiger partial charge in [0.15, 0.2) is 12.4 Å². The van der Waals surface area contributed by atoms with Crippen LogP contribution in [0.15, 0.2) is 31.9 Å². The Labute approximate surface area is 120 Å². The predicted molar refractivity (Wildman–Crippen MR) is 75.3 cm³/mol. The van der Waals surface area contributed by atoms with Crippen LogP contribution in [-0.4, -0.2) is 10.1 Å². The molecular weight excluding hydrogens is 272 g/mol. The fourth-order valence-corrected chi connectivity index (χ4v) is 2.19. The summed E-state index contributed by atoms with van der Waals surface area (Å²) in [5.41, 5.74) is 1.82. The molecule has 0 saturated carbocycles. The van der Waals surface area contributed by atoms with Crippen LogP contribution in [0.2, 0.25) is 0 Å². The number of aryl methyl sites for hydroxylation is 3. The number of fused-ring (bicyclic) bond motifs is 1. The van der Waals surface area contributed by atoms with Crippen molar-refractivity contribution >= 4 is 11.0 Å². The van der Waals surface area contributed by atoms with Crippen LogP contribution in [-0.2, 0) is 6.61 Å². The fraction of sp³-hybridized carbons (Fsp3) is 0.267. The standard InChI is InChI=1S/C15H14N2O4/c1-8-6-14(18)20-15-9(2)12(5-4-11(8)15)19-7-13-16-10(3)17-21-13/h4-6H,7H2,1-3H3. The molecule has 0 aliphatic heterocycles. The van der Waals surface area contributed by atoms with E-state index in [2.05, 4.69) is 10.1 Å². The number of nitrogens with zero attached hydrogens (tertiary/aromatic N) is 2. The van der Waals surface area contributed by atoms with E-state index < -0.39 is 0 Å². The highest BCUT2D eigenvalue weighted by Crippen LogP contribution is 2.28. The molecule has 0 bridgehead atoms. The van der Waals surface area contributed by atoms with E-state index in [0.29, 0.717) is 23.0 Å². The topological polar surface area (TPSA) is 78.4 Å². The Morgan fingerprint density at radius 2 is 2.05 bits per heavy atom. The van der Waals surface area contributed by atoms with Gasteiger partial charge >= 0.3 is 5.63 Å². The number of ether oxygens (including phenoxy) is 1. The Morgan fingerprint density at radius 3 is 2.76 bits per heavy atom. The lowest BCUT2D eigenvalue weighted by molar-refractivity contribution is 0.241. The highest BCUT2D eigenvalue weighted by molar-refractivity contribution is 5.84. The molecule has 0 aliphatic carbocycles. The van der Waals surface area contributed by atoms with Crippen molar-refractivity contribution in [3.63, 3.8) is 0 Å².